The molecule has 9 heteroatoms. The highest BCUT2D eigenvalue weighted by Gasteiger charge is 2.19. The van der Waals surface area contributed by atoms with Crippen LogP contribution < -0.4 is 10.3 Å². The predicted octanol–water partition coefficient (Wildman–Crippen LogP) is 3.11. The second-order valence-electron chi connectivity index (χ2n) is 8.55. The molecule has 1 aliphatic rings. The molecule has 5 rings (SSSR count). The molecule has 0 amide bonds. The lowest BCUT2D eigenvalue weighted by Gasteiger charge is -2.32. The van der Waals surface area contributed by atoms with Gasteiger partial charge in [0, 0.05) is 38.3 Å². The Morgan fingerprint density at radius 3 is 2.65 bits per heavy atom. The molecule has 2 aromatic carbocycles. The normalized spacial score (nSPS) is 15.1. The third-order valence-electron chi connectivity index (χ3n) is 6.18. The van der Waals surface area contributed by atoms with E-state index in [0.717, 1.165) is 43.9 Å². The van der Waals surface area contributed by atoms with E-state index in [9.17, 15) is 4.79 Å². The first kappa shape index (κ1) is 22.6. The second-order valence-corrected chi connectivity index (χ2v) is 8.95. The molecule has 0 aliphatic carbocycles. The van der Waals surface area contributed by atoms with Gasteiger partial charge in [-0.2, -0.15) is 0 Å². The van der Waals surface area contributed by atoms with E-state index in [-0.39, 0.29) is 11.1 Å². The van der Waals surface area contributed by atoms with Crippen LogP contribution in [0.25, 0.3) is 22.6 Å². The van der Waals surface area contributed by atoms with Gasteiger partial charge >= 0.3 is 0 Å². The molecule has 1 saturated heterocycles. The molecular formula is C25H27ClN6O2. The molecule has 1 N–H and O–H groups in total. The van der Waals surface area contributed by atoms with Crippen LogP contribution in [0.4, 0.5) is 0 Å². The molecule has 1 fully saturated rings. The molecule has 176 valence electrons. The summed E-state index contributed by atoms with van der Waals surface area (Å²) in [5, 5.41) is 0.512. The maximum Gasteiger partial charge on any atom is 0.278 e. The zero-order chi connectivity index (χ0) is 23.5. The number of nitrogens with zero attached hydrogens (tertiary/aromatic N) is 5. The van der Waals surface area contributed by atoms with Crippen LogP contribution in [0.5, 0.6) is 5.75 Å². The number of nitrogens with one attached hydrogen (secondary N) is 1. The first-order valence-electron chi connectivity index (χ1n) is 11.4. The van der Waals surface area contributed by atoms with Gasteiger partial charge in [-0.15, -0.1) is 0 Å². The minimum atomic E-state index is -0.280. The average molecular weight is 479 g/mol. The van der Waals surface area contributed by atoms with Gasteiger partial charge in [0.1, 0.15) is 18.2 Å². The number of hydrogen-bond acceptors (Lipinski definition) is 6. The van der Waals surface area contributed by atoms with Crippen molar-refractivity contribution in [3.63, 3.8) is 0 Å². The van der Waals surface area contributed by atoms with Gasteiger partial charge in [-0.05, 0) is 30.8 Å². The second kappa shape index (κ2) is 9.97. The fourth-order valence-corrected chi connectivity index (χ4v) is 4.46. The number of hydrogen-bond donors (Lipinski definition) is 1. The number of fused-ring (bicyclic) bond motifs is 1. The van der Waals surface area contributed by atoms with Crippen molar-refractivity contribution in [1.29, 1.82) is 0 Å². The number of ether oxygens (including phenoxy) is 1. The Bertz CT molecular complexity index is 1330. The summed E-state index contributed by atoms with van der Waals surface area (Å²) in [4.78, 5) is 28.8. The van der Waals surface area contributed by atoms with E-state index in [0.29, 0.717) is 35.4 Å². The van der Waals surface area contributed by atoms with Gasteiger partial charge in [0.15, 0.2) is 11.2 Å². The Balaban J connectivity index is 1.39. The lowest BCUT2D eigenvalue weighted by Crippen LogP contribution is -2.45. The average Bonchev–Trinajstić information content (AvgIpc) is 3.20. The summed E-state index contributed by atoms with van der Waals surface area (Å²) in [6, 6.07) is 15.6. The number of likely N-dealkylation sites (N-methyl/N-ethyl adjacent to an activating group) is 1. The van der Waals surface area contributed by atoms with Crippen LogP contribution in [0.15, 0.2) is 59.7 Å². The molecule has 1 aliphatic heterocycles. The Morgan fingerprint density at radius 1 is 1.09 bits per heavy atom. The van der Waals surface area contributed by atoms with E-state index in [1.54, 1.807) is 0 Å². The fraction of sp³-hybridized carbons (Fsp3) is 0.320. The van der Waals surface area contributed by atoms with E-state index < -0.39 is 0 Å². The van der Waals surface area contributed by atoms with Gasteiger partial charge in [-0.3, -0.25) is 9.69 Å². The fourth-order valence-electron chi connectivity index (χ4n) is 4.20. The molecule has 3 heterocycles. The van der Waals surface area contributed by atoms with E-state index in [1.807, 2.05) is 53.1 Å². The number of halogens is 1. The molecule has 0 bridgehead atoms. The highest BCUT2D eigenvalue weighted by molar-refractivity contribution is 6.33. The van der Waals surface area contributed by atoms with Crippen molar-refractivity contribution in [2.24, 2.45) is 0 Å². The van der Waals surface area contributed by atoms with Crippen molar-refractivity contribution >= 4 is 22.8 Å². The molecule has 0 atom stereocenters. The summed E-state index contributed by atoms with van der Waals surface area (Å²) in [7, 11) is 2.15. The maximum absolute atomic E-state index is 12.4. The lowest BCUT2D eigenvalue weighted by molar-refractivity contribution is 0.134. The maximum atomic E-state index is 12.4. The highest BCUT2D eigenvalue weighted by atomic mass is 35.5. The highest BCUT2D eigenvalue weighted by Crippen LogP contribution is 2.32. The number of piperazine rings is 1. The number of H-pyrrole nitrogens is 1. The molecule has 4 aromatic rings. The summed E-state index contributed by atoms with van der Waals surface area (Å²) in [6.45, 7) is 6.29. The van der Waals surface area contributed by atoms with Crippen LogP contribution in [0.2, 0.25) is 5.02 Å². The first-order chi connectivity index (χ1) is 16.6. The van der Waals surface area contributed by atoms with Crippen molar-refractivity contribution in [2.45, 2.75) is 6.54 Å². The van der Waals surface area contributed by atoms with Crippen LogP contribution in [0.3, 0.4) is 0 Å². The number of aromatic nitrogens is 4. The van der Waals surface area contributed by atoms with Gasteiger partial charge in [-0.25, -0.2) is 9.97 Å². The van der Waals surface area contributed by atoms with Gasteiger partial charge < -0.3 is 19.2 Å². The molecule has 8 nitrogen and oxygen atoms in total. The number of benzene rings is 2. The van der Waals surface area contributed by atoms with E-state index in [1.165, 1.54) is 6.33 Å². The topological polar surface area (TPSA) is 79.3 Å². The summed E-state index contributed by atoms with van der Waals surface area (Å²) >= 11 is 6.69. The molecular weight excluding hydrogens is 452 g/mol. The quantitative estimate of drug-likeness (QED) is 0.439. The first-order valence-corrected chi connectivity index (χ1v) is 11.8. The minimum absolute atomic E-state index is 0.280. The lowest BCUT2D eigenvalue weighted by atomic mass is 10.2. The zero-order valence-corrected chi connectivity index (χ0v) is 19.8. The molecule has 34 heavy (non-hydrogen) atoms. The van der Waals surface area contributed by atoms with Gasteiger partial charge in [0.05, 0.1) is 17.9 Å². The molecule has 0 radical (unpaired) electrons. The van der Waals surface area contributed by atoms with Crippen LogP contribution >= 0.6 is 11.6 Å². The van der Waals surface area contributed by atoms with Crippen molar-refractivity contribution in [3.8, 4) is 17.1 Å². The number of rotatable bonds is 7. The standard InChI is InChI=1S/C25H27ClN6O2/c1-30-9-11-31(12-10-30)13-14-34-19-7-8-20(21(26)15-19)23-29-22-24(27-17-28-25(22)33)32(23)16-18-5-3-2-4-6-18/h2-8,15,17H,9-14,16H2,1H3,(H,27,28,33). The molecule has 0 saturated carbocycles. The van der Waals surface area contributed by atoms with E-state index >= 15 is 0 Å². The van der Waals surface area contributed by atoms with Crippen molar-refractivity contribution < 1.29 is 4.74 Å². The van der Waals surface area contributed by atoms with Crippen LogP contribution in [0.1, 0.15) is 5.56 Å². The van der Waals surface area contributed by atoms with Crippen molar-refractivity contribution in [1.82, 2.24) is 29.3 Å². The largest absolute Gasteiger partial charge is 0.492 e. The Labute approximate surface area is 202 Å². The third kappa shape index (κ3) is 4.84. The summed E-state index contributed by atoms with van der Waals surface area (Å²) in [6.07, 6.45) is 1.40. The van der Waals surface area contributed by atoms with Crippen LogP contribution in [-0.2, 0) is 6.54 Å². The molecule has 2 aromatic heterocycles. The molecule has 0 spiro atoms. The van der Waals surface area contributed by atoms with Crippen molar-refractivity contribution in [3.05, 3.63) is 75.8 Å². The summed E-state index contributed by atoms with van der Waals surface area (Å²) in [5.41, 5.74) is 2.33. The smallest absolute Gasteiger partial charge is 0.278 e. The summed E-state index contributed by atoms with van der Waals surface area (Å²) in [5.74, 6) is 1.31. The summed E-state index contributed by atoms with van der Waals surface area (Å²) < 4.78 is 7.90. The Hall–Kier alpha value is -3.20. The van der Waals surface area contributed by atoms with E-state index in [2.05, 4.69) is 31.8 Å². The molecule has 0 unspecified atom stereocenters. The van der Waals surface area contributed by atoms with Gasteiger partial charge in [0.2, 0.25) is 0 Å². The predicted molar refractivity (Wildman–Crippen MR) is 134 cm³/mol. The minimum Gasteiger partial charge on any atom is -0.492 e. The van der Waals surface area contributed by atoms with Crippen molar-refractivity contribution in [2.75, 3.05) is 46.4 Å². The zero-order valence-electron chi connectivity index (χ0n) is 19.1. The SMILES string of the molecule is CN1CCN(CCOc2ccc(-c3nc4c(=O)[nH]cnc4n3Cc3ccccc3)c(Cl)c2)CC1. The van der Waals surface area contributed by atoms with Gasteiger partial charge in [0.25, 0.3) is 5.56 Å². The monoisotopic (exact) mass is 478 g/mol. The van der Waals surface area contributed by atoms with Crippen LogP contribution in [0, 0.1) is 0 Å². The van der Waals surface area contributed by atoms with Crippen LogP contribution in [-0.4, -0.2) is 75.7 Å². The Morgan fingerprint density at radius 2 is 1.88 bits per heavy atom. The number of aromatic amines is 1. The number of imidazole rings is 1. The van der Waals surface area contributed by atoms with Gasteiger partial charge in [-0.1, -0.05) is 41.9 Å². The Kier molecular flexibility index (Phi) is 6.62. The van der Waals surface area contributed by atoms with E-state index in [4.69, 9.17) is 16.3 Å². The third-order valence-corrected chi connectivity index (χ3v) is 6.49.